The zero-order chi connectivity index (χ0) is 22.8. The van der Waals surface area contributed by atoms with Gasteiger partial charge in [-0.15, -0.1) is 0 Å². The fourth-order valence-corrected chi connectivity index (χ4v) is 4.20. The molecular formula is C25H25N3O3S. The highest BCUT2D eigenvalue weighted by atomic mass is 32.2. The first kappa shape index (κ1) is 23.2. The summed E-state index contributed by atoms with van der Waals surface area (Å²) in [6.45, 7) is 0.325. The van der Waals surface area contributed by atoms with Gasteiger partial charge in [0.1, 0.15) is 0 Å². The van der Waals surface area contributed by atoms with E-state index in [0.717, 1.165) is 16.7 Å². The maximum Gasteiger partial charge on any atom is 0.240 e. The Hall–Kier alpha value is -3.47. The van der Waals surface area contributed by atoms with E-state index >= 15 is 0 Å². The molecule has 0 aliphatic rings. The largest absolute Gasteiger partial charge is 0.326 e. The predicted molar refractivity (Wildman–Crippen MR) is 124 cm³/mol. The Morgan fingerprint density at radius 1 is 0.812 bits per heavy atom. The number of rotatable bonds is 10. The van der Waals surface area contributed by atoms with Crippen molar-refractivity contribution in [3.8, 4) is 6.07 Å². The Labute approximate surface area is 189 Å². The normalized spacial score (nSPS) is 11.0. The number of nitrogens with zero attached hydrogens (tertiary/aromatic N) is 1. The maximum atomic E-state index is 12.5. The number of nitriles is 1. The lowest BCUT2D eigenvalue weighted by Gasteiger charge is -2.09. The fraction of sp³-hybridized carbons (Fsp3) is 0.200. The van der Waals surface area contributed by atoms with Crippen LogP contribution < -0.4 is 10.0 Å². The van der Waals surface area contributed by atoms with Crippen molar-refractivity contribution in [2.75, 3.05) is 11.9 Å². The van der Waals surface area contributed by atoms with E-state index in [1.165, 1.54) is 0 Å². The van der Waals surface area contributed by atoms with E-state index in [-0.39, 0.29) is 17.2 Å². The van der Waals surface area contributed by atoms with Crippen LogP contribution in [0.2, 0.25) is 0 Å². The first-order chi connectivity index (χ1) is 15.5. The summed E-state index contributed by atoms with van der Waals surface area (Å²) in [6, 6.07) is 25.5. The molecule has 0 fully saturated rings. The van der Waals surface area contributed by atoms with Crippen LogP contribution in [-0.2, 0) is 34.1 Å². The van der Waals surface area contributed by atoms with Crippen molar-refractivity contribution in [3.63, 3.8) is 0 Å². The highest BCUT2D eigenvalue weighted by Gasteiger charge is 2.13. The minimum Gasteiger partial charge on any atom is -0.326 e. The first-order valence-corrected chi connectivity index (χ1v) is 11.8. The number of aryl methyl sites for hydroxylation is 1. The predicted octanol–water partition coefficient (Wildman–Crippen LogP) is 3.84. The maximum absolute atomic E-state index is 12.5. The Kier molecular flexibility index (Phi) is 8.14. The summed E-state index contributed by atoms with van der Waals surface area (Å²) in [6.07, 6.45) is 1.73. The van der Waals surface area contributed by atoms with E-state index < -0.39 is 10.0 Å². The summed E-state index contributed by atoms with van der Waals surface area (Å²) >= 11 is 0. The third kappa shape index (κ3) is 7.05. The van der Waals surface area contributed by atoms with E-state index in [1.807, 2.05) is 42.5 Å². The van der Waals surface area contributed by atoms with E-state index in [9.17, 15) is 13.2 Å². The Morgan fingerprint density at radius 3 is 2.09 bits per heavy atom. The van der Waals surface area contributed by atoms with Gasteiger partial charge in [0.15, 0.2) is 0 Å². The van der Waals surface area contributed by atoms with Crippen molar-refractivity contribution in [1.82, 2.24) is 4.72 Å². The van der Waals surface area contributed by atoms with Gasteiger partial charge in [0.25, 0.3) is 0 Å². The molecule has 0 aliphatic heterocycles. The highest BCUT2D eigenvalue weighted by Crippen LogP contribution is 2.14. The first-order valence-electron chi connectivity index (χ1n) is 10.3. The Morgan fingerprint density at radius 2 is 1.44 bits per heavy atom. The van der Waals surface area contributed by atoms with Crippen molar-refractivity contribution >= 4 is 21.6 Å². The molecule has 7 heteroatoms. The molecule has 3 aromatic rings. The molecule has 32 heavy (non-hydrogen) atoms. The number of sulfonamides is 1. The molecule has 0 unspecified atom stereocenters. The summed E-state index contributed by atoms with van der Waals surface area (Å²) < 4.78 is 27.6. The number of carbonyl (C=O) groups excluding carboxylic acids is 1. The third-order valence-electron chi connectivity index (χ3n) is 4.94. The summed E-state index contributed by atoms with van der Waals surface area (Å²) in [7, 11) is -3.58. The van der Waals surface area contributed by atoms with Gasteiger partial charge in [-0.25, -0.2) is 13.1 Å². The number of hydrogen-bond acceptors (Lipinski definition) is 4. The van der Waals surface area contributed by atoms with Gasteiger partial charge in [0, 0.05) is 18.7 Å². The van der Waals surface area contributed by atoms with Gasteiger partial charge in [-0.3, -0.25) is 4.79 Å². The fourth-order valence-electron chi connectivity index (χ4n) is 3.17. The van der Waals surface area contributed by atoms with E-state index in [0.29, 0.717) is 31.5 Å². The lowest BCUT2D eigenvalue weighted by Crippen LogP contribution is -2.26. The van der Waals surface area contributed by atoms with Gasteiger partial charge in [-0.05, 0) is 53.8 Å². The lowest BCUT2D eigenvalue weighted by molar-refractivity contribution is -0.116. The second-order valence-electron chi connectivity index (χ2n) is 7.36. The van der Waals surface area contributed by atoms with Crippen LogP contribution >= 0.6 is 0 Å². The molecule has 1 amide bonds. The van der Waals surface area contributed by atoms with Gasteiger partial charge in [0.2, 0.25) is 15.9 Å². The van der Waals surface area contributed by atoms with Crippen molar-refractivity contribution in [3.05, 3.63) is 95.6 Å². The van der Waals surface area contributed by atoms with E-state index in [2.05, 4.69) is 16.1 Å². The molecule has 164 valence electrons. The van der Waals surface area contributed by atoms with Crippen molar-refractivity contribution in [1.29, 1.82) is 5.26 Å². The summed E-state index contributed by atoms with van der Waals surface area (Å²) in [5, 5.41) is 11.5. The number of anilines is 1. The van der Waals surface area contributed by atoms with Gasteiger partial charge in [-0.2, -0.15) is 5.26 Å². The van der Waals surface area contributed by atoms with Crippen LogP contribution in [0.15, 0.2) is 83.8 Å². The highest BCUT2D eigenvalue weighted by molar-refractivity contribution is 7.89. The zero-order valence-corrected chi connectivity index (χ0v) is 18.4. The molecule has 6 nitrogen and oxygen atoms in total. The van der Waals surface area contributed by atoms with Gasteiger partial charge in [-0.1, -0.05) is 54.6 Å². The van der Waals surface area contributed by atoms with Crippen molar-refractivity contribution < 1.29 is 13.2 Å². The Bertz CT molecular complexity index is 1170. The molecule has 0 saturated heterocycles. The van der Waals surface area contributed by atoms with Crippen LogP contribution in [0, 0.1) is 11.3 Å². The van der Waals surface area contributed by atoms with Crippen molar-refractivity contribution in [2.24, 2.45) is 0 Å². The molecule has 0 aliphatic carbocycles. The molecule has 0 aromatic heterocycles. The Balaban J connectivity index is 1.47. The van der Waals surface area contributed by atoms with Crippen LogP contribution in [0.1, 0.15) is 23.1 Å². The van der Waals surface area contributed by atoms with Gasteiger partial charge in [0.05, 0.1) is 17.4 Å². The second-order valence-corrected chi connectivity index (χ2v) is 9.12. The van der Waals surface area contributed by atoms with Crippen LogP contribution in [-0.4, -0.2) is 20.9 Å². The number of carbonyl (C=O) groups is 1. The standard InChI is InChI=1S/C25H25N3O3S/c26-18-16-22-6-11-23(12-7-22)28-25(29)15-10-21-8-13-24(14-9-21)32(30,31)27-19-17-20-4-2-1-3-5-20/h1-9,11-14,27H,10,15-17,19H2,(H,28,29). The molecule has 0 bridgehead atoms. The molecule has 0 heterocycles. The van der Waals surface area contributed by atoms with E-state index in [4.69, 9.17) is 5.26 Å². The molecule has 3 rings (SSSR count). The average molecular weight is 448 g/mol. The monoisotopic (exact) mass is 447 g/mol. The number of hydrogen-bond donors (Lipinski definition) is 2. The average Bonchev–Trinajstić information content (AvgIpc) is 2.80. The minimum atomic E-state index is -3.58. The molecular weight excluding hydrogens is 422 g/mol. The SMILES string of the molecule is N#CCc1ccc(NC(=O)CCc2ccc(S(=O)(=O)NCCc3ccccc3)cc2)cc1. The molecule has 0 spiro atoms. The quantitative estimate of drug-likeness (QED) is 0.493. The number of benzene rings is 3. The molecule has 0 saturated carbocycles. The lowest BCUT2D eigenvalue weighted by atomic mass is 10.1. The van der Waals surface area contributed by atoms with E-state index in [1.54, 1.807) is 36.4 Å². The molecule has 0 atom stereocenters. The van der Waals surface area contributed by atoms with Crippen LogP contribution in [0.5, 0.6) is 0 Å². The molecule has 0 radical (unpaired) electrons. The molecule has 2 N–H and O–H groups in total. The summed E-state index contributed by atoms with van der Waals surface area (Å²) in [5.41, 5.74) is 3.53. The minimum absolute atomic E-state index is 0.127. The zero-order valence-electron chi connectivity index (χ0n) is 17.6. The van der Waals surface area contributed by atoms with Gasteiger partial charge >= 0.3 is 0 Å². The smallest absolute Gasteiger partial charge is 0.240 e. The second kappa shape index (κ2) is 11.2. The van der Waals surface area contributed by atoms with Crippen LogP contribution in [0.25, 0.3) is 0 Å². The van der Waals surface area contributed by atoms with Crippen molar-refractivity contribution in [2.45, 2.75) is 30.6 Å². The van der Waals surface area contributed by atoms with Gasteiger partial charge < -0.3 is 5.32 Å². The summed E-state index contributed by atoms with van der Waals surface area (Å²) in [5.74, 6) is -0.127. The molecule has 3 aromatic carbocycles. The summed E-state index contributed by atoms with van der Waals surface area (Å²) in [4.78, 5) is 12.4. The number of nitrogens with one attached hydrogen (secondary N) is 2. The topological polar surface area (TPSA) is 99.1 Å². The number of amides is 1. The third-order valence-corrected chi connectivity index (χ3v) is 6.42. The van der Waals surface area contributed by atoms with Crippen LogP contribution in [0.4, 0.5) is 5.69 Å². The van der Waals surface area contributed by atoms with Crippen LogP contribution in [0.3, 0.4) is 0 Å².